The van der Waals surface area contributed by atoms with Gasteiger partial charge in [-0.3, -0.25) is 14.2 Å². The predicted octanol–water partition coefficient (Wildman–Crippen LogP) is 5.50. The molecule has 0 spiro atoms. The summed E-state index contributed by atoms with van der Waals surface area (Å²) in [7, 11) is 0. The summed E-state index contributed by atoms with van der Waals surface area (Å²) in [4.78, 5) is 32.6. The first-order valence-electron chi connectivity index (χ1n) is 11.3. The molecule has 0 radical (unpaired) electrons. The Kier molecular flexibility index (Phi) is 7.87. The number of rotatable bonds is 10. The summed E-state index contributed by atoms with van der Waals surface area (Å²) < 4.78 is 7.12. The Bertz CT molecular complexity index is 900. The quantitative estimate of drug-likeness (QED) is 0.377. The largest absolute Gasteiger partial charge is 0.466 e. The van der Waals surface area contributed by atoms with Gasteiger partial charge in [0, 0.05) is 11.4 Å². The van der Waals surface area contributed by atoms with Crippen LogP contribution in [0, 0.1) is 6.92 Å². The van der Waals surface area contributed by atoms with Crippen molar-refractivity contribution in [1.82, 2.24) is 9.55 Å². The third-order valence-corrected chi connectivity index (χ3v) is 7.08. The van der Waals surface area contributed by atoms with E-state index in [1.165, 1.54) is 32.1 Å². The molecule has 2 aromatic heterocycles. The van der Waals surface area contributed by atoms with E-state index in [9.17, 15) is 9.59 Å². The van der Waals surface area contributed by atoms with Crippen LogP contribution in [-0.2, 0) is 22.5 Å². The normalized spacial score (nSPS) is 16.2. The molecule has 6 heteroatoms. The van der Waals surface area contributed by atoms with Crippen LogP contribution in [-0.4, -0.2) is 22.1 Å². The van der Waals surface area contributed by atoms with Crippen molar-refractivity contribution in [3.8, 4) is 0 Å². The fourth-order valence-electron chi connectivity index (χ4n) is 4.39. The minimum atomic E-state index is -0.323. The number of carbonyl (C=O) groups excluding carboxylic acids is 1. The molecule has 0 saturated heterocycles. The number of aryl methyl sites for hydroxylation is 2. The molecule has 160 valence electrons. The number of esters is 1. The van der Waals surface area contributed by atoms with E-state index in [1.807, 2.05) is 18.4 Å². The third-order valence-electron chi connectivity index (χ3n) is 5.92. The van der Waals surface area contributed by atoms with Gasteiger partial charge in [-0.25, -0.2) is 4.98 Å². The van der Waals surface area contributed by atoms with Crippen LogP contribution < -0.4 is 5.56 Å². The van der Waals surface area contributed by atoms with Gasteiger partial charge in [0.2, 0.25) is 0 Å². The van der Waals surface area contributed by atoms with Crippen molar-refractivity contribution in [3.05, 3.63) is 26.6 Å². The highest BCUT2D eigenvalue weighted by molar-refractivity contribution is 7.18. The summed E-state index contributed by atoms with van der Waals surface area (Å²) in [5, 5.41) is 0.663. The molecule has 2 aromatic rings. The number of ether oxygens (including phenoxy) is 1. The lowest BCUT2D eigenvalue weighted by Crippen LogP contribution is -2.26. The van der Waals surface area contributed by atoms with Gasteiger partial charge in [-0.05, 0) is 45.1 Å². The van der Waals surface area contributed by atoms with Crippen LogP contribution in [0.4, 0.5) is 0 Å². The van der Waals surface area contributed by atoms with Gasteiger partial charge in [-0.2, -0.15) is 0 Å². The number of nitrogens with zero attached hydrogens (tertiary/aromatic N) is 2. The number of fused-ring (bicyclic) bond motifs is 3. The van der Waals surface area contributed by atoms with Gasteiger partial charge in [0.05, 0.1) is 17.9 Å². The van der Waals surface area contributed by atoms with Gasteiger partial charge in [0.25, 0.3) is 5.56 Å². The molecule has 5 nitrogen and oxygen atoms in total. The Labute approximate surface area is 177 Å². The van der Waals surface area contributed by atoms with Crippen molar-refractivity contribution in [2.75, 3.05) is 6.61 Å². The average Bonchev–Trinajstić information content (AvgIpc) is 3.07. The molecule has 0 bridgehead atoms. The number of aromatic nitrogens is 2. The molecule has 0 fully saturated rings. The molecular weight excluding hydrogens is 384 g/mol. The smallest absolute Gasteiger partial charge is 0.313 e. The molecule has 0 amide bonds. The van der Waals surface area contributed by atoms with Gasteiger partial charge in [0.15, 0.2) is 0 Å². The maximum Gasteiger partial charge on any atom is 0.313 e. The molecule has 0 aliphatic heterocycles. The zero-order chi connectivity index (χ0) is 20.8. The van der Waals surface area contributed by atoms with Crippen LogP contribution in [0.15, 0.2) is 4.79 Å². The van der Waals surface area contributed by atoms with E-state index in [-0.39, 0.29) is 17.4 Å². The highest BCUT2D eigenvalue weighted by Gasteiger charge is 2.33. The fraction of sp³-hybridized carbons (Fsp3) is 0.696. The van der Waals surface area contributed by atoms with E-state index in [4.69, 9.17) is 9.72 Å². The number of carbonyl (C=O) groups is 1. The standard InChI is InChI=1S/C23H34N2O3S/c1-4-6-7-8-9-10-11-15-25-16(3)24-21-20(22(25)26)19-17(23(27)28-5-2)13-12-14-18(19)29-21/h17H,4-15H2,1-3H3. The van der Waals surface area contributed by atoms with Gasteiger partial charge in [-0.1, -0.05) is 45.4 Å². The van der Waals surface area contributed by atoms with Gasteiger partial charge >= 0.3 is 5.97 Å². The number of hydrogen-bond acceptors (Lipinski definition) is 5. The molecule has 1 aliphatic rings. The molecule has 2 heterocycles. The van der Waals surface area contributed by atoms with Gasteiger partial charge in [-0.15, -0.1) is 11.3 Å². The van der Waals surface area contributed by atoms with E-state index in [0.717, 1.165) is 53.2 Å². The van der Waals surface area contributed by atoms with Gasteiger partial charge < -0.3 is 4.74 Å². The molecule has 0 aromatic carbocycles. The van der Waals surface area contributed by atoms with Crippen molar-refractivity contribution in [2.45, 2.75) is 97.4 Å². The van der Waals surface area contributed by atoms with E-state index in [2.05, 4.69) is 6.92 Å². The van der Waals surface area contributed by atoms with Crippen LogP contribution in [0.1, 0.15) is 93.8 Å². The second-order valence-corrected chi connectivity index (χ2v) is 9.14. The van der Waals surface area contributed by atoms with Crippen LogP contribution in [0.3, 0.4) is 0 Å². The molecular formula is C23H34N2O3S. The summed E-state index contributed by atoms with van der Waals surface area (Å²) in [6, 6.07) is 0. The Morgan fingerprint density at radius 1 is 1.17 bits per heavy atom. The first-order valence-corrected chi connectivity index (χ1v) is 12.1. The van der Waals surface area contributed by atoms with Crippen LogP contribution >= 0.6 is 11.3 Å². The minimum Gasteiger partial charge on any atom is -0.466 e. The fourth-order valence-corrected chi connectivity index (χ4v) is 5.70. The predicted molar refractivity (Wildman–Crippen MR) is 119 cm³/mol. The monoisotopic (exact) mass is 418 g/mol. The highest BCUT2D eigenvalue weighted by Crippen LogP contribution is 2.41. The Hall–Kier alpha value is -1.69. The maximum absolute atomic E-state index is 13.4. The first-order chi connectivity index (χ1) is 14.1. The average molecular weight is 419 g/mol. The molecule has 1 aliphatic carbocycles. The Morgan fingerprint density at radius 2 is 1.90 bits per heavy atom. The highest BCUT2D eigenvalue weighted by atomic mass is 32.1. The van der Waals surface area contributed by atoms with Crippen LogP contribution in [0.25, 0.3) is 10.2 Å². The van der Waals surface area contributed by atoms with Crippen LogP contribution in [0.5, 0.6) is 0 Å². The van der Waals surface area contributed by atoms with Crippen LogP contribution in [0.2, 0.25) is 0 Å². The summed E-state index contributed by atoms with van der Waals surface area (Å²) >= 11 is 1.58. The number of unbranched alkanes of at least 4 members (excludes halogenated alkanes) is 6. The Balaban J connectivity index is 1.83. The van der Waals surface area contributed by atoms with Crippen molar-refractivity contribution < 1.29 is 9.53 Å². The summed E-state index contributed by atoms with van der Waals surface area (Å²) in [5.41, 5.74) is 0.924. The Morgan fingerprint density at radius 3 is 2.62 bits per heavy atom. The summed E-state index contributed by atoms with van der Waals surface area (Å²) in [6.07, 6.45) is 11.1. The number of hydrogen-bond donors (Lipinski definition) is 0. The summed E-state index contributed by atoms with van der Waals surface area (Å²) in [5.74, 6) is 0.253. The van der Waals surface area contributed by atoms with Crippen molar-refractivity contribution in [3.63, 3.8) is 0 Å². The molecule has 29 heavy (non-hydrogen) atoms. The second kappa shape index (κ2) is 10.4. The van der Waals surface area contributed by atoms with E-state index in [1.54, 1.807) is 11.3 Å². The zero-order valence-electron chi connectivity index (χ0n) is 18.1. The minimum absolute atomic E-state index is 0.0205. The number of thiophene rings is 1. The van der Waals surface area contributed by atoms with E-state index >= 15 is 0 Å². The lowest BCUT2D eigenvalue weighted by molar-refractivity contribution is -0.145. The lowest BCUT2D eigenvalue weighted by atomic mass is 9.86. The third kappa shape index (κ3) is 4.90. The van der Waals surface area contributed by atoms with Gasteiger partial charge in [0.1, 0.15) is 10.7 Å². The van der Waals surface area contributed by atoms with E-state index < -0.39 is 0 Å². The van der Waals surface area contributed by atoms with Crippen molar-refractivity contribution in [2.24, 2.45) is 0 Å². The lowest BCUT2D eigenvalue weighted by Gasteiger charge is -2.21. The second-order valence-electron chi connectivity index (χ2n) is 8.05. The summed E-state index contributed by atoms with van der Waals surface area (Å²) in [6.45, 7) is 7.05. The first kappa shape index (κ1) is 22.0. The molecule has 1 atom stereocenters. The maximum atomic E-state index is 13.4. The molecule has 3 rings (SSSR count). The molecule has 1 unspecified atom stereocenters. The van der Waals surface area contributed by atoms with Crippen molar-refractivity contribution in [1.29, 1.82) is 0 Å². The van der Waals surface area contributed by atoms with E-state index in [0.29, 0.717) is 18.5 Å². The van der Waals surface area contributed by atoms with Crippen molar-refractivity contribution >= 4 is 27.5 Å². The molecule has 0 N–H and O–H groups in total. The SMILES string of the molecule is CCCCCCCCCn1c(C)nc2sc3c(c2c1=O)C(C(=O)OCC)CCC3. The topological polar surface area (TPSA) is 61.2 Å². The zero-order valence-corrected chi connectivity index (χ0v) is 18.9. The molecule has 0 saturated carbocycles.